The summed E-state index contributed by atoms with van der Waals surface area (Å²) in [6.07, 6.45) is 8.41. The Morgan fingerprint density at radius 2 is 2.44 bits per heavy atom. The van der Waals surface area contributed by atoms with Crippen molar-refractivity contribution in [3.8, 4) is 0 Å². The first-order chi connectivity index (χ1) is 7.86. The summed E-state index contributed by atoms with van der Waals surface area (Å²) in [6.45, 7) is 2.84. The Labute approximate surface area is 97.0 Å². The van der Waals surface area contributed by atoms with Gasteiger partial charge in [0.05, 0.1) is 0 Å². The average Bonchev–Trinajstić information content (AvgIpc) is 2.55. The van der Waals surface area contributed by atoms with Gasteiger partial charge in [-0.25, -0.2) is 4.98 Å². The van der Waals surface area contributed by atoms with Crippen molar-refractivity contribution in [2.45, 2.75) is 31.7 Å². The van der Waals surface area contributed by atoms with Crippen LogP contribution < -0.4 is 5.32 Å². The van der Waals surface area contributed by atoms with Crippen molar-refractivity contribution in [1.29, 1.82) is 0 Å². The third kappa shape index (κ3) is 3.32. The van der Waals surface area contributed by atoms with E-state index in [9.17, 15) is 0 Å². The van der Waals surface area contributed by atoms with Gasteiger partial charge in [-0.1, -0.05) is 0 Å². The quantitative estimate of drug-likeness (QED) is 0.831. The smallest absolute Gasteiger partial charge is 0.109 e. The van der Waals surface area contributed by atoms with Gasteiger partial charge in [-0.15, -0.1) is 0 Å². The molecule has 0 saturated carbocycles. The fourth-order valence-electron chi connectivity index (χ4n) is 2.13. The molecule has 1 unspecified atom stereocenters. The molecule has 4 heteroatoms. The molecule has 16 heavy (non-hydrogen) atoms. The Kier molecular flexibility index (Phi) is 4.36. The van der Waals surface area contributed by atoms with E-state index in [1.165, 1.54) is 12.8 Å². The van der Waals surface area contributed by atoms with Gasteiger partial charge in [0.15, 0.2) is 0 Å². The van der Waals surface area contributed by atoms with E-state index < -0.39 is 0 Å². The van der Waals surface area contributed by atoms with Gasteiger partial charge in [-0.05, 0) is 19.3 Å². The summed E-state index contributed by atoms with van der Waals surface area (Å²) >= 11 is 0. The molecule has 1 saturated heterocycles. The van der Waals surface area contributed by atoms with E-state index in [0.29, 0.717) is 6.04 Å². The highest BCUT2D eigenvalue weighted by Gasteiger charge is 2.11. The summed E-state index contributed by atoms with van der Waals surface area (Å²) in [4.78, 5) is 4.32. The molecule has 0 radical (unpaired) electrons. The van der Waals surface area contributed by atoms with Crippen LogP contribution in [-0.2, 0) is 18.2 Å². The number of nitrogens with one attached hydrogen (secondary N) is 1. The molecule has 1 aromatic heterocycles. The second kappa shape index (κ2) is 6.01. The fourth-order valence-corrected chi connectivity index (χ4v) is 2.13. The van der Waals surface area contributed by atoms with Gasteiger partial charge < -0.3 is 14.6 Å². The SMILES string of the molecule is Cn1ccnc1CCNC1CCCOCC1. The van der Waals surface area contributed by atoms with Crippen LogP contribution in [0.3, 0.4) is 0 Å². The lowest BCUT2D eigenvalue weighted by Crippen LogP contribution is -2.31. The number of hydrogen-bond donors (Lipinski definition) is 1. The minimum Gasteiger partial charge on any atom is -0.381 e. The third-order valence-electron chi connectivity index (χ3n) is 3.15. The number of imidazole rings is 1. The molecule has 4 nitrogen and oxygen atoms in total. The number of ether oxygens (including phenoxy) is 1. The largest absolute Gasteiger partial charge is 0.381 e. The number of aryl methyl sites for hydroxylation is 1. The van der Waals surface area contributed by atoms with Gasteiger partial charge in [-0.3, -0.25) is 0 Å². The lowest BCUT2D eigenvalue weighted by Gasteiger charge is -2.15. The topological polar surface area (TPSA) is 39.1 Å². The van der Waals surface area contributed by atoms with E-state index in [4.69, 9.17) is 4.74 Å². The third-order valence-corrected chi connectivity index (χ3v) is 3.15. The Morgan fingerprint density at radius 3 is 3.25 bits per heavy atom. The minimum absolute atomic E-state index is 0.628. The summed E-state index contributed by atoms with van der Waals surface area (Å²) in [7, 11) is 2.04. The van der Waals surface area contributed by atoms with Crippen molar-refractivity contribution in [2.24, 2.45) is 7.05 Å². The Bertz CT molecular complexity index is 303. The van der Waals surface area contributed by atoms with Crippen molar-refractivity contribution in [3.05, 3.63) is 18.2 Å². The number of aromatic nitrogens is 2. The predicted molar refractivity (Wildman–Crippen MR) is 63.4 cm³/mol. The first-order valence-electron chi connectivity index (χ1n) is 6.13. The maximum atomic E-state index is 5.44. The summed E-state index contributed by atoms with van der Waals surface area (Å²) in [5.41, 5.74) is 0. The van der Waals surface area contributed by atoms with Gasteiger partial charge in [0.25, 0.3) is 0 Å². The van der Waals surface area contributed by atoms with Gasteiger partial charge in [0.1, 0.15) is 5.82 Å². The first kappa shape index (κ1) is 11.6. The molecule has 0 aromatic carbocycles. The molecule has 0 aliphatic carbocycles. The summed E-state index contributed by atoms with van der Waals surface area (Å²) in [5, 5.41) is 3.59. The molecular weight excluding hydrogens is 202 g/mol. The Morgan fingerprint density at radius 1 is 1.50 bits per heavy atom. The van der Waals surface area contributed by atoms with E-state index in [-0.39, 0.29) is 0 Å². The van der Waals surface area contributed by atoms with E-state index in [1.54, 1.807) is 0 Å². The first-order valence-corrected chi connectivity index (χ1v) is 6.13. The molecule has 1 aliphatic heterocycles. The zero-order chi connectivity index (χ0) is 11.2. The zero-order valence-electron chi connectivity index (χ0n) is 9.98. The van der Waals surface area contributed by atoms with E-state index in [1.807, 2.05) is 19.4 Å². The second-order valence-corrected chi connectivity index (χ2v) is 4.40. The van der Waals surface area contributed by atoms with Crippen molar-refractivity contribution in [1.82, 2.24) is 14.9 Å². The molecule has 1 fully saturated rings. The Hall–Kier alpha value is -0.870. The van der Waals surface area contributed by atoms with Crippen molar-refractivity contribution < 1.29 is 4.74 Å². The second-order valence-electron chi connectivity index (χ2n) is 4.40. The van der Waals surface area contributed by atoms with Gasteiger partial charge in [0.2, 0.25) is 0 Å². The molecule has 2 rings (SSSR count). The molecule has 90 valence electrons. The molecular formula is C12H21N3O. The molecule has 0 amide bonds. The van der Waals surface area contributed by atoms with Crippen LogP contribution in [0.5, 0.6) is 0 Å². The summed E-state index contributed by atoms with van der Waals surface area (Å²) < 4.78 is 7.52. The fraction of sp³-hybridized carbons (Fsp3) is 0.750. The van der Waals surface area contributed by atoms with Crippen LogP contribution in [0.4, 0.5) is 0 Å². The standard InChI is InChI=1S/C12H21N3O/c1-15-8-7-14-12(15)4-6-13-11-3-2-9-16-10-5-11/h7-8,11,13H,2-6,9-10H2,1H3. The monoisotopic (exact) mass is 223 g/mol. The number of nitrogens with zero attached hydrogens (tertiary/aromatic N) is 2. The van der Waals surface area contributed by atoms with Crippen molar-refractivity contribution in [3.63, 3.8) is 0 Å². The molecule has 1 atom stereocenters. The van der Waals surface area contributed by atoms with Crippen LogP contribution in [-0.4, -0.2) is 35.4 Å². The van der Waals surface area contributed by atoms with Crippen molar-refractivity contribution in [2.75, 3.05) is 19.8 Å². The van der Waals surface area contributed by atoms with E-state index in [0.717, 1.165) is 38.4 Å². The Balaban J connectivity index is 1.69. The maximum absolute atomic E-state index is 5.44. The molecule has 1 N–H and O–H groups in total. The van der Waals surface area contributed by atoms with Crippen LogP contribution in [0.1, 0.15) is 25.1 Å². The average molecular weight is 223 g/mol. The van der Waals surface area contributed by atoms with Crippen LogP contribution in [0.2, 0.25) is 0 Å². The number of rotatable bonds is 4. The summed E-state index contributed by atoms with van der Waals surface area (Å²) in [5.74, 6) is 1.15. The highest BCUT2D eigenvalue weighted by molar-refractivity contribution is 4.91. The summed E-state index contributed by atoms with van der Waals surface area (Å²) in [6, 6.07) is 0.628. The highest BCUT2D eigenvalue weighted by Crippen LogP contribution is 2.07. The van der Waals surface area contributed by atoms with Crippen LogP contribution >= 0.6 is 0 Å². The van der Waals surface area contributed by atoms with Crippen LogP contribution in [0.25, 0.3) is 0 Å². The molecule has 1 aliphatic rings. The number of hydrogen-bond acceptors (Lipinski definition) is 3. The minimum atomic E-state index is 0.628. The lowest BCUT2D eigenvalue weighted by atomic mass is 10.1. The van der Waals surface area contributed by atoms with E-state index >= 15 is 0 Å². The molecule has 0 spiro atoms. The predicted octanol–water partition coefficient (Wildman–Crippen LogP) is 1.12. The van der Waals surface area contributed by atoms with Gasteiger partial charge >= 0.3 is 0 Å². The molecule has 1 aromatic rings. The normalized spacial score (nSPS) is 21.9. The molecule has 2 heterocycles. The molecule has 0 bridgehead atoms. The highest BCUT2D eigenvalue weighted by atomic mass is 16.5. The van der Waals surface area contributed by atoms with E-state index in [2.05, 4.69) is 14.9 Å². The van der Waals surface area contributed by atoms with Crippen molar-refractivity contribution >= 4 is 0 Å². The van der Waals surface area contributed by atoms with Gasteiger partial charge in [-0.2, -0.15) is 0 Å². The van der Waals surface area contributed by atoms with Crippen LogP contribution in [0.15, 0.2) is 12.4 Å². The van der Waals surface area contributed by atoms with Gasteiger partial charge in [0, 0.05) is 51.7 Å². The zero-order valence-corrected chi connectivity index (χ0v) is 9.98. The van der Waals surface area contributed by atoms with Crippen LogP contribution in [0, 0.1) is 0 Å². The maximum Gasteiger partial charge on any atom is 0.109 e. The lowest BCUT2D eigenvalue weighted by molar-refractivity contribution is 0.142.